The molecular weight excluding hydrogens is 248 g/mol. The summed E-state index contributed by atoms with van der Waals surface area (Å²) in [4.78, 5) is 25.0. The van der Waals surface area contributed by atoms with Crippen LogP contribution in [-0.4, -0.2) is 53.8 Å². The first-order valence-electron chi connectivity index (χ1n) is 6.61. The number of nitrogens with one attached hydrogen (secondary N) is 1. The molecule has 2 atom stereocenters. The maximum Gasteiger partial charge on any atom is 0.326 e. The lowest BCUT2D eigenvalue weighted by atomic mass is 9.87. The molecule has 0 aromatic carbocycles. The fourth-order valence-corrected chi connectivity index (χ4v) is 2.04. The topological polar surface area (TPSA) is 78.9 Å². The summed E-state index contributed by atoms with van der Waals surface area (Å²) >= 11 is 0. The first-order valence-corrected chi connectivity index (χ1v) is 6.61. The predicted octanol–water partition coefficient (Wildman–Crippen LogP) is 1.31. The number of nitrogens with zero attached hydrogens (tertiary/aromatic N) is 1. The van der Waals surface area contributed by atoms with Crippen LogP contribution in [0.5, 0.6) is 0 Å². The molecule has 2 unspecified atom stereocenters. The fraction of sp³-hybridized carbons (Fsp3) is 0.846. The number of urea groups is 1. The van der Waals surface area contributed by atoms with E-state index in [1.54, 1.807) is 25.7 Å². The Bertz CT molecular complexity index is 338. The minimum atomic E-state index is -1.01. The van der Waals surface area contributed by atoms with Gasteiger partial charge in [0, 0.05) is 19.7 Å². The number of hydrogen-bond donors (Lipinski definition) is 2. The highest BCUT2D eigenvalue weighted by atomic mass is 16.5. The molecule has 0 aromatic heterocycles. The number of carbonyl (C=O) groups is 2. The lowest BCUT2D eigenvalue weighted by Gasteiger charge is -2.31. The Labute approximate surface area is 114 Å². The molecule has 0 bridgehead atoms. The van der Waals surface area contributed by atoms with E-state index in [0.29, 0.717) is 19.7 Å². The average molecular weight is 272 g/mol. The van der Waals surface area contributed by atoms with E-state index >= 15 is 0 Å². The second-order valence-corrected chi connectivity index (χ2v) is 6.07. The van der Waals surface area contributed by atoms with Crippen molar-refractivity contribution in [1.82, 2.24) is 10.2 Å². The number of ether oxygens (including phenoxy) is 1. The normalized spacial score (nSPS) is 22.5. The third-order valence-corrected chi connectivity index (χ3v) is 3.12. The van der Waals surface area contributed by atoms with Crippen LogP contribution >= 0.6 is 0 Å². The summed E-state index contributed by atoms with van der Waals surface area (Å²) < 4.78 is 5.46. The summed E-state index contributed by atoms with van der Waals surface area (Å²) in [6, 6.07) is -1.24. The second kappa shape index (κ2) is 6.23. The molecule has 6 heteroatoms. The first-order chi connectivity index (χ1) is 8.71. The third-order valence-electron chi connectivity index (χ3n) is 3.12. The Morgan fingerprint density at radius 1 is 1.42 bits per heavy atom. The van der Waals surface area contributed by atoms with Gasteiger partial charge >= 0.3 is 12.0 Å². The summed E-state index contributed by atoms with van der Waals surface area (Å²) in [6.07, 6.45) is 0.747. The van der Waals surface area contributed by atoms with Gasteiger partial charge in [-0.25, -0.2) is 9.59 Å². The van der Waals surface area contributed by atoms with Crippen LogP contribution in [0.4, 0.5) is 4.79 Å². The van der Waals surface area contributed by atoms with Crippen LogP contribution in [-0.2, 0) is 9.53 Å². The number of amides is 2. The van der Waals surface area contributed by atoms with Gasteiger partial charge in [-0.3, -0.25) is 0 Å². The van der Waals surface area contributed by atoms with Gasteiger partial charge in [-0.1, -0.05) is 20.8 Å². The van der Waals surface area contributed by atoms with Crippen molar-refractivity contribution in [2.45, 2.75) is 46.3 Å². The molecule has 0 radical (unpaired) electrons. The average Bonchev–Trinajstić information content (AvgIpc) is 2.48. The maximum absolute atomic E-state index is 12.2. The molecule has 1 rings (SSSR count). The number of hydrogen-bond acceptors (Lipinski definition) is 3. The molecule has 0 aliphatic carbocycles. The Kier molecular flexibility index (Phi) is 5.17. The van der Waals surface area contributed by atoms with Crippen LogP contribution in [0.25, 0.3) is 0 Å². The zero-order chi connectivity index (χ0) is 14.6. The van der Waals surface area contributed by atoms with Crippen molar-refractivity contribution in [2.75, 3.05) is 19.7 Å². The Hall–Kier alpha value is -1.30. The molecule has 0 aromatic rings. The van der Waals surface area contributed by atoms with Crippen molar-refractivity contribution in [2.24, 2.45) is 5.41 Å². The molecule has 110 valence electrons. The van der Waals surface area contributed by atoms with Gasteiger partial charge in [0.05, 0.1) is 6.10 Å². The SMILES string of the molecule is CC1CN(C(=O)NC(C(=O)O)C(C)(C)C)CCCO1. The van der Waals surface area contributed by atoms with Crippen molar-refractivity contribution in [3.05, 3.63) is 0 Å². The Morgan fingerprint density at radius 2 is 2.05 bits per heavy atom. The third kappa shape index (κ3) is 4.70. The molecule has 2 N–H and O–H groups in total. The van der Waals surface area contributed by atoms with Gasteiger partial charge in [0.15, 0.2) is 0 Å². The Morgan fingerprint density at radius 3 is 2.58 bits per heavy atom. The summed E-state index contributed by atoms with van der Waals surface area (Å²) in [5.41, 5.74) is -0.532. The van der Waals surface area contributed by atoms with Gasteiger partial charge in [0.25, 0.3) is 0 Å². The minimum Gasteiger partial charge on any atom is -0.480 e. The smallest absolute Gasteiger partial charge is 0.326 e. The number of carbonyl (C=O) groups excluding carboxylic acids is 1. The zero-order valence-corrected chi connectivity index (χ0v) is 12.1. The zero-order valence-electron chi connectivity index (χ0n) is 12.1. The van der Waals surface area contributed by atoms with Crippen molar-refractivity contribution < 1.29 is 19.4 Å². The van der Waals surface area contributed by atoms with E-state index in [2.05, 4.69) is 5.32 Å². The first kappa shape index (κ1) is 15.8. The van der Waals surface area contributed by atoms with Gasteiger partial charge in [0.1, 0.15) is 6.04 Å². The molecular formula is C13H24N2O4. The highest BCUT2D eigenvalue weighted by Crippen LogP contribution is 2.20. The highest BCUT2D eigenvalue weighted by Gasteiger charge is 2.34. The number of carboxylic acids is 1. The molecule has 19 heavy (non-hydrogen) atoms. The number of rotatable bonds is 2. The lowest BCUT2D eigenvalue weighted by Crippen LogP contribution is -2.54. The molecule has 0 saturated carbocycles. The molecule has 2 amide bonds. The second-order valence-electron chi connectivity index (χ2n) is 6.07. The van der Waals surface area contributed by atoms with Crippen LogP contribution in [0.15, 0.2) is 0 Å². The standard InChI is InChI=1S/C13H24N2O4/c1-9-8-15(6-5-7-19-9)12(18)14-10(11(16)17)13(2,3)4/h9-10H,5-8H2,1-4H3,(H,14,18)(H,16,17). The Balaban J connectivity index is 2.68. The van der Waals surface area contributed by atoms with Crippen LogP contribution in [0.1, 0.15) is 34.1 Å². The number of carboxylic acid groups (broad SMARTS) is 1. The molecule has 1 fully saturated rings. The van der Waals surface area contributed by atoms with Crippen molar-refractivity contribution >= 4 is 12.0 Å². The van der Waals surface area contributed by atoms with Crippen molar-refractivity contribution in [3.8, 4) is 0 Å². The predicted molar refractivity (Wildman–Crippen MR) is 71.0 cm³/mol. The van der Waals surface area contributed by atoms with Crippen molar-refractivity contribution in [3.63, 3.8) is 0 Å². The van der Waals surface area contributed by atoms with Gasteiger partial charge in [-0.05, 0) is 18.8 Å². The monoisotopic (exact) mass is 272 g/mol. The highest BCUT2D eigenvalue weighted by molar-refractivity contribution is 5.83. The van der Waals surface area contributed by atoms with E-state index in [-0.39, 0.29) is 12.1 Å². The largest absolute Gasteiger partial charge is 0.480 e. The molecule has 0 spiro atoms. The van der Waals surface area contributed by atoms with E-state index in [1.807, 2.05) is 6.92 Å². The lowest BCUT2D eigenvalue weighted by molar-refractivity contribution is -0.142. The van der Waals surface area contributed by atoms with Crippen LogP contribution in [0, 0.1) is 5.41 Å². The molecule has 1 aliphatic rings. The molecule has 1 aliphatic heterocycles. The molecule has 1 saturated heterocycles. The molecule has 1 heterocycles. The summed E-state index contributed by atoms with van der Waals surface area (Å²) in [5.74, 6) is -1.01. The van der Waals surface area contributed by atoms with Gasteiger partial charge < -0.3 is 20.1 Å². The number of aliphatic carboxylic acids is 1. The maximum atomic E-state index is 12.2. The van der Waals surface area contributed by atoms with Gasteiger partial charge in [-0.15, -0.1) is 0 Å². The van der Waals surface area contributed by atoms with E-state index in [1.165, 1.54) is 0 Å². The van der Waals surface area contributed by atoms with Crippen LogP contribution in [0.2, 0.25) is 0 Å². The summed E-state index contributed by atoms with van der Waals surface area (Å²) in [5, 5.41) is 11.8. The minimum absolute atomic E-state index is 0.0221. The van der Waals surface area contributed by atoms with E-state index in [9.17, 15) is 14.7 Å². The summed E-state index contributed by atoms with van der Waals surface area (Å²) in [6.45, 7) is 8.99. The van der Waals surface area contributed by atoms with Crippen LogP contribution < -0.4 is 5.32 Å². The van der Waals surface area contributed by atoms with E-state index < -0.39 is 17.4 Å². The van der Waals surface area contributed by atoms with Gasteiger partial charge in [-0.2, -0.15) is 0 Å². The molecule has 6 nitrogen and oxygen atoms in total. The van der Waals surface area contributed by atoms with Crippen molar-refractivity contribution in [1.29, 1.82) is 0 Å². The van der Waals surface area contributed by atoms with Crippen LogP contribution in [0.3, 0.4) is 0 Å². The fourth-order valence-electron chi connectivity index (χ4n) is 2.04. The summed E-state index contributed by atoms with van der Waals surface area (Å²) in [7, 11) is 0. The van der Waals surface area contributed by atoms with Gasteiger partial charge in [0.2, 0.25) is 0 Å². The van der Waals surface area contributed by atoms with E-state index in [4.69, 9.17) is 4.74 Å². The quantitative estimate of drug-likeness (QED) is 0.794. The van der Waals surface area contributed by atoms with E-state index in [0.717, 1.165) is 6.42 Å².